The minimum absolute atomic E-state index is 0.194. The van der Waals surface area contributed by atoms with Crippen LogP contribution in [0.15, 0.2) is 52.8 Å². The van der Waals surface area contributed by atoms with Crippen molar-refractivity contribution in [1.82, 2.24) is 0 Å². The van der Waals surface area contributed by atoms with Crippen LogP contribution in [0.3, 0.4) is 0 Å². The third kappa shape index (κ3) is 3.81. The molecule has 0 aliphatic rings. The Bertz CT molecular complexity index is 761. The summed E-state index contributed by atoms with van der Waals surface area (Å²) in [5.41, 5.74) is 1.05. The van der Waals surface area contributed by atoms with E-state index in [-0.39, 0.29) is 11.7 Å². The van der Waals surface area contributed by atoms with Gasteiger partial charge in [0.15, 0.2) is 5.84 Å². The van der Waals surface area contributed by atoms with Crippen molar-refractivity contribution in [3.63, 3.8) is 0 Å². The molecule has 0 saturated heterocycles. The third-order valence-electron chi connectivity index (χ3n) is 2.73. The van der Waals surface area contributed by atoms with Crippen LogP contribution in [0.1, 0.15) is 15.9 Å². The summed E-state index contributed by atoms with van der Waals surface area (Å²) in [4.78, 5) is 12.2. The van der Waals surface area contributed by atoms with Crippen molar-refractivity contribution in [2.24, 2.45) is 16.2 Å². The second kappa shape index (κ2) is 7.02. The summed E-state index contributed by atoms with van der Waals surface area (Å²) in [7, 11) is 0. The maximum absolute atomic E-state index is 12.2. The first-order chi connectivity index (χ1) is 10.5. The molecular weight excluding hydrogens is 325 g/mol. The summed E-state index contributed by atoms with van der Waals surface area (Å²) in [6, 6.07) is 11.1. The number of nitrogens with two attached hydrogens (primary N) is 1. The molecule has 0 fully saturated rings. The second-order valence-electron chi connectivity index (χ2n) is 4.22. The molecule has 0 atom stereocenters. The summed E-state index contributed by atoms with van der Waals surface area (Å²) >= 11 is 11.8. The van der Waals surface area contributed by atoms with E-state index < -0.39 is 0 Å². The first-order valence-corrected chi connectivity index (χ1v) is 6.83. The van der Waals surface area contributed by atoms with Gasteiger partial charge in [-0.05, 0) is 36.4 Å². The highest BCUT2D eigenvalue weighted by Crippen LogP contribution is 2.23. The highest BCUT2D eigenvalue weighted by Gasteiger charge is 2.13. The van der Waals surface area contributed by atoms with Crippen LogP contribution >= 0.6 is 23.2 Å². The lowest BCUT2D eigenvalue weighted by Crippen LogP contribution is -2.14. The Kier molecular flexibility index (Phi) is 5.08. The minimum Gasteiger partial charge on any atom is -0.321 e. The van der Waals surface area contributed by atoms with Crippen molar-refractivity contribution in [1.29, 1.82) is 5.41 Å². The second-order valence-corrected chi connectivity index (χ2v) is 5.09. The summed E-state index contributed by atoms with van der Waals surface area (Å²) in [6.45, 7) is 0. The fraction of sp³-hybridized carbons (Fsp3) is 0. The van der Waals surface area contributed by atoms with Crippen molar-refractivity contribution in [3.05, 3.63) is 63.6 Å². The number of amides is 1. The third-order valence-corrected chi connectivity index (χ3v) is 3.20. The number of hydrogen-bond donors (Lipinski definition) is 3. The quantitative estimate of drug-likeness (QED) is 0.260. The highest BCUT2D eigenvalue weighted by atomic mass is 35.5. The predicted octanol–water partition coefficient (Wildman–Crippen LogP) is 3.90. The molecule has 0 aliphatic heterocycles. The molecule has 22 heavy (non-hydrogen) atoms. The van der Waals surface area contributed by atoms with Gasteiger partial charge in [-0.1, -0.05) is 34.5 Å². The molecule has 0 aliphatic carbocycles. The van der Waals surface area contributed by atoms with E-state index in [0.29, 0.717) is 26.9 Å². The van der Waals surface area contributed by atoms with Gasteiger partial charge in [-0.25, -0.2) is 0 Å². The van der Waals surface area contributed by atoms with Gasteiger partial charge in [0.1, 0.15) is 0 Å². The number of anilines is 1. The van der Waals surface area contributed by atoms with Crippen LogP contribution < -0.4 is 11.2 Å². The van der Waals surface area contributed by atoms with Crippen molar-refractivity contribution < 1.29 is 4.79 Å². The number of nitrogens with one attached hydrogen (secondary N) is 2. The topological polar surface area (TPSA) is 104 Å². The Morgan fingerprint density at radius 2 is 1.86 bits per heavy atom. The number of benzene rings is 2. The van der Waals surface area contributed by atoms with Crippen molar-refractivity contribution >= 4 is 40.6 Å². The van der Waals surface area contributed by atoms with Gasteiger partial charge < -0.3 is 11.2 Å². The van der Waals surface area contributed by atoms with Crippen LogP contribution in [0.5, 0.6) is 0 Å². The Labute approximate surface area is 136 Å². The average Bonchev–Trinajstić information content (AvgIpc) is 2.47. The normalized spacial score (nSPS) is 10.6. The van der Waals surface area contributed by atoms with Crippen molar-refractivity contribution in [2.45, 2.75) is 0 Å². The van der Waals surface area contributed by atoms with Crippen LogP contribution in [-0.2, 0) is 0 Å². The van der Waals surface area contributed by atoms with E-state index in [1.54, 1.807) is 30.3 Å². The van der Waals surface area contributed by atoms with Crippen LogP contribution in [-0.4, -0.2) is 11.7 Å². The first kappa shape index (κ1) is 15.9. The number of carbonyl (C=O) groups excluding carboxylic acids is 1. The zero-order valence-electron chi connectivity index (χ0n) is 11.2. The van der Waals surface area contributed by atoms with Gasteiger partial charge in [0.2, 0.25) is 0 Å². The van der Waals surface area contributed by atoms with Gasteiger partial charge in [-0.2, -0.15) is 0 Å². The van der Waals surface area contributed by atoms with E-state index >= 15 is 0 Å². The average molecular weight is 336 g/mol. The largest absolute Gasteiger partial charge is 0.321 e. The zero-order chi connectivity index (χ0) is 16.1. The van der Waals surface area contributed by atoms with E-state index in [2.05, 4.69) is 15.7 Å². The highest BCUT2D eigenvalue weighted by molar-refractivity contribution is 6.31. The number of carbonyl (C=O) groups is 1. The monoisotopic (exact) mass is 335 g/mol. The maximum Gasteiger partial charge on any atom is 0.255 e. The fourth-order valence-corrected chi connectivity index (χ4v) is 2.12. The zero-order valence-corrected chi connectivity index (χ0v) is 12.7. The van der Waals surface area contributed by atoms with Gasteiger partial charge >= 0.3 is 0 Å². The predicted molar refractivity (Wildman–Crippen MR) is 86.7 cm³/mol. The van der Waals surface area contributed by atoms with Gasteiger partial charge in [-0.15, -0.1) is 5.11 Å². The van der Waals surface area contributed by atoms with Crippen molar-refractivity contribution in [3.8, 4) is 0 Å². The van der Waals surface area contributed by atoms with Crippen molar-refractivity contribution in [2.75, 3.05) is 5.32 Å². The standard InChI is InChI=1S/C14H11Cl2N5O/c15-9-3-1-2-8(6-9)14(22)19-12-7-10(16)4-5-11(12)13(17)20-21-18/h1-7H,(H,19,22)(H3,17,18,20). The number of rotatable bonds is 3. The molecule has 2 aromatic carbocycles. The molecule has 0 aromatic heterocycles. The van der Waals surface area contributed by atoms with Gasteiger partial charge in [0.05, 0.1) is 5.69 Å². The lowest BCUT2D eigenvalue weighted by atomic mass is 10.1. The molecule has 2 aromatic rings. The Morgan fingerprint density at radius 1 is 1.14 bits per heavy atom. The first-order valence-electron chi connectivity index (χ1n) is 6.07. The summed E-state index contributed by atoms with van der Waals surface area (Å²) in [5, 5.41) is 17.8. The minimum atomic E-state index is -0.386. The van der Waals surface area contributed by atoms with Gasteiger partial charge in [-0.3, -0.25) is 10.2 Å². The number of halogens is 2. The van der Waals surface area contributed by atoms with Gasteiger partial charge in [0, 0.05) is 21.2 Å². The Morgan fingerprint density at radius 3 is 2.55 bits per heavy atom. The van der Waals surface area contributed by atoms with E-state index in [0.717, 1.165) is 0 Å². The molecule has 0 spiro atoms. The number of amidine groups is 1. The molecule has 0 radical (unpaired) electrons. The maximum atomic E-state index is 12.2. The number of nitrogens with zero attached hydrogens (tertiary/aromatic N) is 2. The molecule has 0 heterocycles. The molecule has 0 bridgehead atoms. The lowest BCUT2D eigenvalue weighted by Gasteiger charge is -2.10. The molecule has 0 unspecified atom stereocenters. The molecule has 1 amide bonds. The van der Waals surface area contributed by atoms with E-state index in [1.165, 1.54) is 12.1 Å². The fourth-order valence-electron chi connectivity index (χ4n) is 1.76. The van der Waals surface area contributed by atoms with Crippen LogP contribution in [0.25, 0.3) is 0 Å². The van der Waals surface area contributed by atoms with E-state index in [1.807, 2.05) is 0 Å². The smallest absolute Gasteiger partial charge is 0.255 e. The van der Waals surface area contributed by atoms with Crippen LogP contribution in [0.2, 0.25) is 10.0 Å². The molecule has 8 heteroatoms. The van der Waals surface area contributed by atoms with E-state index in [9.17, 15) is 4.79 Å². The molecular formula is C14H11Cl2N5O. The SMILES string of the molecule is N=C(N=NN)c1ccc(Cl)cc1NC(=O)c1cccc(Cl)c1. The Hall–Kier alpha value is -2.44. The summed E-state index contributed by atoms with van der Waals surface area (Å²) in [5.74, 6) is 4.37. The summed E-state index contributed by atoms with van der Waals surface area (Å²) in [6.07, 6.45) is 0. The molecule has 6 nitrogen and oxygen atoms in total. The lowest BCUT2D eigenvalue weighted by molar-refractivity contribution is 0.102. The van der Waals surface area contributed by atoms with Crippen LogP contribution in [0, 0.1) is 5.41 Å². The molecule has 0 saturated carbocycles. The molecule has 112 valence electrons. The molecule has 2 rings (SSSR count). The van der Waals surface area contributed by atoms with Crippen LogP contribution in [0.4, 0.5) is 5.69 Å². The number of hydrogen-bond acceptors (Lipinski definition) is 3. The van der Waals surface area contributed by atoms with E-state index in [4.69, 9.17) is 34.5 Å². The molecule has 4 N–H and O–H groups in total. The Balaban J connectivity index is 2.34. The van der Waals surface area contributed by atoms with Gasteiger partial charge in [0.25, 0.3) is 5.91 Å². The summed E-state index contributed by atoms with van der Waals surface area (Å²) < 4.78 is 0.